The van der Waals surface area contributed by atoms with Crippen LogP contribution in [0.1, 0.15) is 11.3 Å². The Hall–Kier alpha value is -3.19. The highest BCUT2D eigenvalue weighted by Gasteiger charge is 2.36. The molecule has 0 amide bonds. The fourth-order valence-electron chi connectivity index (χ4n) is 2.69. The summed E-state index contributed by atoms with van der Waals surface area (Å²) in [4.78, 5) is 24.6. The predicted molar refractivity (Wildman–Crippen MR) is 99.1 cm³/mol. The van der Waals surface area contributed by atoms with Crippen molar-refractivity contribution >= 4 is 25.7 Å². The van der Waals surface area contributed by atoms with E-state index in [-0.39, 0.29) is 18.9 Å². The van der Waals surface area contributed by atoms with Crippen LogP contribution in [0.25, 0.3) is 5.69 Å². The first-order valence-electron chi connectivity index (χ1n) is 7.76. The molecule has 0 aliphatic rings. The predicted octanol–water partition coefficient (Wildman–Crippen LogP) is 0.291. The van der Waals surface area contributed by atoms with E-state index < -0.39 is 65.9 Å². The van der Waals surface area contributed by atoms with Gasteiger partial charge in [-0.1, -0.05) is 0 Å². The first-order chi connectivity index (χ1) is 13.9. The smallest absolute Gasteiger partial charge is 0.292 e. The third kappa shape index (κ3) is 4.46. The molecule has 0 aliphatic heterocycles. The van der Waals surface area contributed by atoms with Crippen LogP contribution < -0.4 is 15.0 Å². The quantitative estimate of drug-likeness (QED) is 0.569. The highest BCUT2D eigenvalue weighted by Crippen LogP contribution is 2.30. The van der Waals surface area contributed by atoms with Gasteiger partial charge in [0, 0.05) is 13.1 Å². The SMILES string of the molecule is Cn1c(C(F)(F)F)cc(=O)n(-c2cc(N(S(C)(=O)=O)S(C)(=O)=O)c(C#N)cc2F)c1=O. The van der Waals surface area contributed by atoms with E-state index in [1.54, 1.807) is 0 Å². The van der Waals surface area contributed by atoms with Gasteiger partial charge in [-0.05, 0) is 12.1 Å². The van der Waals surface area contributed by atoms with Gasteiger partial charge in [0.2, 0.25) is 20.0 Å². The number of nitrogens with zero attached hydrogens (tertiary/aromatic N) is 4. The summed E-state index contributed by atoms with van der Waals surface area (Å²) < 4.78 is 101. The van der Waals surface area contributed by atoms with Gasteiger partial charge in [0.1, 0.15) is 17.6 Å². The molecule has 0 N–H and O–H groups in total. The zero-order valence-corrected chi connectivity index (χ0v) is 17.4. The Balaban J connectivity index is 3.03. The lowest BCUT2D eigenvalue weighted by molar-refractivity contribution is -0.144. The van der Waals surface area contributed by atoms with Gasteiger partial charge in [-0.25, -0.2) is 30.6 Å². The summed E-state index contributed by atoms with van der Waals surface area (Å²) in [6.45, 7) is 0. The van der Waals surface area contributed by atoms with E-state index in [9.17, 15) is 49.2 Å². The molecule has 10 nitrogen and oxygen atoms in total. The number of sulfonamides is 2. The normalized spacial score (nSPS) is 12.5. The monoisotopic (exact) mass is 484 g/mol. The molecule has 1 aromatic carbocycles. The molecule has 1 heterocycles. The number of rotatable bonds is 4. The van der Waals surface area contributed by atoms with Crippen molar-refractivity contribution in [3.05, 3.63) is 56.1 Å². The van der Waals surface area contributed by atoms with Gasteiger partial charge in [-0.15, -0.1) is 0 Å². The second-order valence-electron chi connectivity index (χ2n) is 6.20. The van der Waals surface area contributed by atoms with Crippen molar-refractivity contribution in [1.29, 1.82) is 5.26 Å². The summed E-state index contributed by atoms with van der Waals surface area (Å²) >= 11 is 0. The molecule has 0 fully saturated rings. The Kier molecular flexibility index (Phi) is 5.82. The fourth-order valence-corrected chi connectivity index (χ4v) is 5.67. The Morgan fingerprint density at radius 1 is 1.03 bits per heavy atom. The van der Waals surface area contributed by atoms with Gasteiger partial charge >= 0.3 is 11.9 Å². The van der Waals surface area contributed by atoms with Crippen molar-refractivity contribution in [2.75, 3.05) is 16.2 Å². The van der Waals surface area contributed by atoms with Crippen LogP contribution in [-0.4, -0.2) is 38.5 Å². The summed E-state index contributed by atoms with van der Waals surface area (Å²) in [5.41, 5.74) is -7.71. The number of hydrogen-bond acceptors (Lipinski definition) is 7. The van der Waals surface area contributed by atoms with Crippen LogP contribution in [0.3, 0.4) is 0 Å². The number of hydrogen-bond donors (Lipinski definition) is 0. The van der Waals surface area contributed by atoms with E-state index in [1.165, 1.54) is 6.07 Å². The summed E-state index contributed by atoms with van der Waals surface area (Å²) in [7, 11) is -8.59. The zero-order valence-electron chi connectivity index (χ0n) is 15.8. The lowest BCUT2D eigenvalue weighted by Gasteiger charge is -2.22. The fraction of sp³-hybridized carbons (Fsp3) is 0.267. The Morgan fingerprint density at radius 3 is 1.97 bits per heavy atom. The molecule has 0 bridgehead atoms. The molecule has 0 atom stereocenters. The largest absolute Gasteiger partial charge is 0.431 e. The average molecular weight is 484 g/mol. The van der Waals surface area contributed by atoms with E-state index in [0.29, 0.717) is 31.7 Å². The third-order valence-electron chi connectivity index (χ3n) is 3.84. The average Bonchev–Trinajstić information content (AvgIpc) is 2.57. The van der Waals surface area contributed by atoms with E-state index in [2.05, 4.69) is 0 Å². The van der Waals surface area contributed by atoms with Crippen LogP contribution in [0, 0.1) is 17.1 Å². The number of anilines is 1. The molecule has 0 saturated carbocycles. The molecule has 31 heavy (non-hydrogen) atoms. The molecule has 16 heteroatoms. The topological polar surface area (TPSA) is 139 Å². The van der Waals surface area contributed by atoms with Crippen molar-refractivity contribution in [3.8, 4) is 11.8 Å². The zero-order chi connectivity index (χ0) is 24.1. The maximum atomic E-state index is 14.6. The molecular formula is C15H12F4N4O6S2. The Labute approximate surface area is 172 Å². The molecule has 0 spiro atoms. The van der Waals surface area contributed by atoms with Crippen molar-refractivity contribution in [3.63, 3.8) is 0 Å². The Bertz CT molecular complexity index is 1420. The molecule has 2 aromatic rings. The number of benzene rings is 1. The summed E-state index contributed by atoms with van der Waals surface area (Å²) in [6.07, 6.45) is -4.17. The minimum absolute atomic E-state index is 0.00359. The van der Waals surface area contributed by atoms with E-state index >= 15 is 0 Å². The maximum absolute atomic E-state index is 14.6. The number of halogens is 4. The molecule has 0 unspecified atom stereocenters. The molecule has 2 rings (SSSR count). The van der Waals surface area contributed by atoms with Crippen LogP contribution >= 0.6 is 0 Å². The standard InChI is InChI=1S/C15H12F4N4O6S2/c1-21-12(15(17,18)19)6-13(24)22(14(21)25)11-5-10(8(7-20)4-9(11)16)23(30(2,26)27)31(3,28)29/h4-6H,1-3H3. The van der Waals surface area contributed by atoms with Gasteiger partial charge in [-0.2, -0.15) is 22.1 Å². The molecule has 0 radical (unpaired) electrons. The highest BCUT2D eigenvalue weighted by molar-refractivity contribution is 8.09. The van der Waals surface area contributed by atoms with Gasteiger partial charge in [0.05, 0.1) is 29.4 Å². The summed E-state index contributed by atoms with van der Waals surface area (Å²) in [5.74, 6) is -1.47. The molecule has 0 saturated heterocycles. The first kappa shape index (κ1) is 24.1. The van der Waals surface area contributed by atoms with Crippen molar-refractivity contribution in [2.24, 2.45) is 7.05 Å². The lowest BCUT2D eigenvalue weighted by Crippen LogP contribution is -2.41. The van der Waals surface area contributed by atoms with Gasteiger partial charge in [0.15, 0.2) is 0 Å². The van der Waals surface area contributed by atoms with Gasteiger partial charge in [0.25, 0.3) is 5.56 Å². The van der Waals surface area contributed by atoms with Crippen LogP contribution in [0.4, 0.5) is 23.2 Å². The third-order valence-corrected chi connectivity index (χ3v) is 7.06. The lowest BCUT2D eigenvalue weighted by atomic mass is 10.1. The van der Waals surface area contributed by atoms with Crippen LogP contribution in [0.5, 0.6) is 0 Å². The van der Waals surface area contributed by atoms with Crippen LogP contribution in [-0.2, 0) is 33.3 Å². The highest BCUT2D eigenvalue weighted by atomic mass is 32.3. The minimum atomic E-state index is -5.09. The number of alkyl halides is 3. The summed E-state index contributed by atoms with van der Waals surface area (Å²) in [5, 5.41) is 9.17. The molecular weight excluding hydrogens is 472 g/mol. The molecule has 0 aliphatic carbocycles. The van der Waals surface area contributed by atoms with Gasteiger partial charge in [-0.3, -0.25) is 9.36 Å². The molecule has 168 valence electrons. The van der Waals surface area contributed by atoms with Gasteiger partial charge < -0.3 is 0 Å². The Morgan fingerprint density at radius 2 is 1.55 bits per heavy atom. The first-order valence-corrected chi connectivity index (χ1v) is 11.5. The number of aromatic nitrogens is 2. The number of nitriles is 1. The molecule has 1 aromatic heterocycles. The van der Waals surface area contributed by atoms with E-state index in [0.717, 1.165) is 0 Å². The van der Waals surface area contributed by atoms with Crippen molar-refractivity contribution < 1.29 is 34.4 Å². The van der Waals surface area contributed by atoms with E-state index in [1.807, 2.05) is 0 Å². The maximum Gasteiger partial charge on any atom is 0.431 e. The van der Waals surface area contributed by atoms with Crippen LogP contribution in [0.2, 0.25) is 0 Å². The second kappa shape index (κ2) is 7.50. The minimum Gasteiger partial charge on any atom is -0.292 e. The van der Waals surface area contributed by atoms with E-state index in [4.69, 9.17) is 0 Å². The second-order valence-corrected chi connectivity index (χ2v) is 10.1. The van der Waals surface area contributed by atoms with Crippen LogP contribution in [0.15, 0.2) is 27.8 Å². The van der Waals surface area contributed by atoms with Crippen molar-refractivity contribution in [1.82, 2.24) is 9.13 Å². The summed E-state index contributed by atoms with van der Waals surface area (Å²) in [6, 6.07) is 2.12. The van der Waals surface area contributed by atoms with Crippen molar-refractivity contribution in [2.45, 2.75) is 6.18 Å².